The number of aromatic nitrogens is 2. The number of nitrogens with one attached hydrogen (secondary N) is 1. The molecule has 0 aliphatic rings. The molecule has 13 heavy (non-hydrogen) atoms. The summed E-state index contributed by atoms with van der Waals surface area (Å²) in [6, 6.07) is 0. The smallest absolute Gasteiger partial charge is 0.0524 e. The van der Waals surface area contributed by atoms with Gasteiger partial charge in [-0.2, -0.15) is 5.10 Å². The molecule has 1 aromatic rings. The summed E-state index contributed by atoms with van der Waals surface area (Å²) in [7, 11) is 0. The van der Waals surface area contributed by atoms with Gasteiger partial charge >= 0.3 is 0 Å². The number of H-pyrrole nitrogens is 1. The monoisotopic (exact) mass is 184 g/mol. The molecule has 2 heteroatoms. The summed E-state index contributed by atoms with van der Waals surface area (Å²) in [6.45, 7) is 14.4. The van der Waals surface area contributed by atoms with Gasteiger partial charge in [-0.05, 0) is 18.4 Å². The maximum absolute atomic E-state index is 3.92. The molecule has 0 unspecified atom stereocenters. The van der Waals surface area contributed by atoms with Gasteiger partial charge in [0, 0.05) is 5.69 Å². The minimum absolute atomic E-state index is 0.587. The maximum atomic E-state index is 3.92. The number of hydrogen-bond donors (Lipinski definition) is 1. The summed E-state index contributed by atoms with van der Waals surface area (Å²) >= 11 is 0. The quantitative estimate of drug-likeness (QED) is 0.704. The lowest BCUT2D eigenvalue weighted by Gasteiger charge is -1.99. The Kier molecular flexibility index (Phi) is 10.5. The van der Waals surface area contributed by atoms with Crippen LogP contribution in [0.1, 0.15) is 58.7 Å². The van der Waals surface area contributed by atoms with Gasteiger partial charge in [-0.15, -0.1) is 0 Å². The number of nitrogens with zero attached hydrogens (tertiary/aromatic N) is 1. The molecule has 0 aliphatic carbocycles. The number of aromatic amines is 1. The van der Waals surface area contributed by atoms with Gasteiger partial charge in [0.1, 0.15) is 0 Å². The molecule has 0 radical (unpaired) electrons. The molecular weight excluding hydrogens is 160 g/mol. The van der Waals surface area contributed by atoms with E-state index in [2.05, 4.69) is 24.0 Å². The molecule has 0 saturated heterocycles. The van der Waals surface area contributed by atoms with Crippen molar-refractivity contribution in [2.75, 3.05) is 0 Å². The molecule has 2 nitrogen and oxygen atoms in total. The number of rotatable bonds is 1. The zero-order chi connectivity index (χ0) is 10.9. The molecule has 1 aromatic heterocycles. The van der Waals surface area contributed by atoms with Gasteiger partial charge in [-0.25, -0.2) is 0 Å². The summed E-state index contributed by atoms with van der Waals surface area (Å²) in [5.41, 5.74) is 2.50. The van der Waals surface area contributed by atoms with Gasteiger partial charge in [-0.1, -0.05) is 41.5 Å². The van der Waals surface area contributed by atoms with E-state index in [-0.39, 0.29) is 0 Å². The highest BCUT2D eigenvalue weighted by Crippen LogP contribution is 2.14. The van der Waals surface area contributed by atoms with E-state index >= 15 is 0 Å². The second kappa shape index (κ2) is 9.30. The molecule has 78 valence electrons. The maximum Gasteiger partial charge on any atom is 0.0524 e. The zero-order valence-electron chi connectivity index (χ0n) is 10.1. The van der Waals surface area contributed by atoms with Crippen LogP contribution in [0.15, 0.2) is 6.20 Å². The lowest BCUT2D eigenvalue weighted by atomic mass is 10.1. The van der Waals surface area contributed by atoms with Crippen LogP contribution >= 0.6 is 0 Å². The predicted octanol–water partition coefficient (Wildman–Crippen LogP) is 3.89. The second-order valence-electron chi connectivity index (χ2n) is 2.61. The van der Waals surface area contributed by atoms with Crippen LogP contribution in [0.25, 0.3) is 0 Å². The van der Waals surface area contributed by atoms with E-state index in [9.17, 15) is 0 Å². The first kappa shape index (κ1) is 14.7. The van der Waals surface area contributed by atoms with E-state index < -0.39 is 0 Å². The first-order valence-corrected chi connectivity index (χ1v) is 5.21. The van der Waals surface area contributed by atoms with E-state index in [1.807, 2.05) is 40.8 Å². The van der Waals surface area contributed by atoms with Crippen LogP contribution in [0.3, 0.4) is 0 Å². The molecule has 1 heterocycles. The highest BCUT2D eigenvalue weighted by molar-refractivity contribution is 5.17. The Labute approximate surface area is 82.8 Å². The van der Waals surface area contributed by atoms with Gasteiger partial charge in [0.25, 0.3) is 0 Å². The van der Waals surface area contributed by atoms with Crippen molar-refractivity contribution in [2.24, 2.45) is 0 Å². The number of aryl methyl sites for hydroxylation is 1. The van der Waals surface area contributed by atoms with Crippen molar-refractivity contribution in [3.8, 4) is 0 Å². The second-order valence-corrected chi connectivity index (χ2v) is 2.61. The van der Waals surface area contributed by atoms with E-state index in [4.69, 9.17) is 0 Å². The molecule has 0 spiro atoms. The zero-order valence-corrected chi connectivity index (χ0v) is 10.1. The topological polar surface area (TPSA) is 28.7 Å². The highest BCUT2D eigenvalue weighted by Gasteiger charge is 2.02. The Morgan fingerprint density at radius 3 is 1.77 bits per heavy atom. The van der Waals surface area contributed by atoms with Crippen LogP contribution in [0.5, 0.6) is 0 Å². The van der Waals surface area contributed by atoms with E-state index in [0.717, 1.165) is 0 Å². The molecule has 0 aliphatic heterocycles. The van der Waals surface area contributed by atoms with Gasteiger partial charge in [0.2, 0.25) is 0 Å². The third-order valence-corrected chi connectivity index (χ3v) is 1.49. The Hall–Kier alpha value is -0.790. The fourth-order valence-corrected chi connectivity index (χ4v) is 0.942. The van der Waals surface area contributed by atoms with Crippen molar-refractivity contribution in [1.29, 1.82) is 0 Å². The fourth-order valence-electron chi connectivity index (χ4n) is 0.942. The number of hydrogen-bond acceptors (Lipinski definition) is 1. The van der Waals surface area contributed by atoms with Crippen molar-refractivity contribution in [1.82, 2.24) is 10.2 Å². The highest BCUT2D eigenvalue weighted by atomic mass is 15.1. The Morgan fingerprint density at radius 1 is 1.15 bits per heavy atom. The molecule has 0 saturated carbocycles. The van der Waals surface area contributed by atoms with Crippen LogP contribution in [0.2, 0.25) is 0 Å². The molecular formula is C11H24N2. The third-order valence-electron chi connectivity index (χ3n) is 1.49. The standard InChI is InChI=1S/C7H12N2.2C2H6/c1-5(2)7-4-8-9-6(7)3;2*1-2/h4-5H,1-3H3,(H,8,9);2*1-2H3. The summed E-state index contributed by atoms with van der Waals surface area (Å²) in [5.74, 6) is 0.587. The van der Waals surface area contributed by atoms with Crippen molar-refractivity contribution < 1.29 is 0 Å². The van der Waals surface area contributed by atoms with Crippen LogP contribution < -0.4 is 0 Å². The molecule has 0 amide bonds. The van der Waals surface area contributed by atoms with Gasteiger partial charge in [0.05, 0.1) is 6.20 Å². The van der Waals surface area contributed by atoms with Gasteiger partial charge in [-0.3, -0.25) is 5.10 Å². The summed E-state index contributed by atoms with van der Waals surface area (Å²) in [5, 5.41) is 6.82. The van der Waals surface area contributed by atoms with Crippen molar-refractivity contribution in [2.45, 2.75) is 54.4 Å². The summed E-state index contributed by atoms with van der Waals surface area (Å²) in [4.78, 5) is 0. The van der Waals surface area contributed by atoms with Crippen LogP contribution in [0, 0.1) is 6.92 Å². The molecule has 0 fully saturated rings. The first-order chi connectivity index (χ1) is 6.22. The minimum Gasteiger partial charge on any atom is -0.283 e. The van der Waals surface area contributed by atoms with E-state index in [1.54, 1.807) is 0 Å². The van der Waals surface area contributed by atoms with E-state index in [1.165, 1.54) is 11.3 Å². The SMILES string of the molecule is CC.CC.Cc1[nH]ncc1C(C)C. The molecule has 0 atom stereocenters. The first-order valence-electron chi connectivity index (χ1n) is 5.21. The van der Waals surface area contributed by atoms with Crippen molar-refractivity contribution in [3.05, 3.63) is 17.5 Å². The molecule has 1 rings (SSSR count). The van der Waals surface area contributed by atoms with Crippen LogP contribution in [-0.4, -0.2) is 10.2 Å². The van der Waals surface area contributed by atoms with Gasteiger partial charge in [0.15, 0.2) is 0 Å². The lowest BCUT2D eigenvalue weighted by molar-refractivity contribution is 0.857. The average molecular weight is 184 g/mol. The lowest BCUT2D eigenvalue weighted by Crippen LogP contribution is -1.86. The Balaban J connectivity index is 0. The van der Waals surface area contributed by atoms with E-state index in [0.29, 0.717) is 5.92 Å². The average Bonchev–Trinajstić information content (AvgIpc) is 2.58. The minimum atomic E-state index is 0.587. The third kappa shape index (κ3) is 5.45. The largest absolute Gasteiger partial charge is 0.283 e. The predicted molar refractivity (Wildman–Crippen MR) is 60.1 cm³/mol. The normalized spacial score (nSPS) is 8.31. The van der Waals surface area contributed by atoms with Crippen LogP contribution in [0.4, 0.5) is 0 Å². The molecule has 1 N–H and O–H groups in total. The summed E-state index contributed by atoms with van der Waals surface area (Å²) in [6.07, 6.45) is 1.89. The Bertz CT molecular complexity index is 190. The van der Waals surface area contributed by atoms with Crippen molar-refractivity contribution in [3.63, 3.8) is 0 Å². The van der Waals surface area contributed by atoms with Crippen LogP contribution in [-0.2, 0) is 0 Å². The van der Waals surface area contributed by atoms with Gasteiger partial charge < -0.3 is 0 Å². The van der Waals surface area contributed by atoms with Crippen molar-refractivity contribution >= 4 is 0 Å². The fraction of sp³-hybridized carbons (Fsp3) is 0.727. The summed E-state index contributed by atoms with van der Waals surface area (Å²) < 4.78 is 0. The molecule has 0 bridgehead atoms. The Morgan fingerprint density at radius 2 is 1.62 bits per heavy atom. The molecule has 0 aromatic carbocycles.